The number of nitriles is 1. The molecule has 1 aromatic carbocycles. The van der Waals surface area contributed by atoms with Gasteiger partial charge in [0.05, 0.1) is 17.3 Å². The van der Waals surface area contributed by atoms with Gasteiger partial charge in [-0.2, -0.15) is 10.4 Å². The number of hydrogen-bond donors (Lipinski definition) is 2. The molecule has 0 unspecified atom stereocenters. The number of aryl methyl sites for hydroxylation is 1. The number of nitrogens with two attached hydrogens (primary N) is 2. The van der Waals surface area contributed by atoms with Crippen molar-refractivity contribution in [2.75, 3.05) is 5.12 Å². The summed E-state index contributed by atoms with van der Waals surface area (Å²) in [5, 5.41) is 13.7. The Morgan fingerprint density at radius 1 is 1.53 bits per heavy atom. The molecule has 100 valence electrons. The molecule has 0 saturated heterocycles. The van der Waals surface area contributed by atoms with Crippen LogP contribution in [0.5, 0.6) is 0 Å². The van der Waals surface area contributed by atoms with Gasteiger partial charge >= 0.3 is 0 Å². The van der Waals surface area contributed by atoms with Gasteiger partial charge in [-0.25, -0.2) is 5.84 Å². The van der Waals surface area contributed by atoms with E-state index in [1.54, 1.807) is 25.1 Å². The van der Waals surface area contributed by atoms with E-state index < -0.39 is 0 Å². The smallest absolute Gasteiger partial charge is 0.199 e. The average Bonchev–Trinajstić information content (AvgIpc) is 2.38. The summed E-state index contributed by atoms with van der Waals surface area (Å²) in [5.41, 5.74) is 7.47. The Bertz CT molecular complexity index is 544. The van der Waals surface area contributed by atoms with Crippen LogP contribution in [0.2, 0.25) is 0 Å². The summed E-state index contributed by atoms with van der Waals surface area (Å²) in [6.07, 6.45) is 1.05. The van der Waals surface area contributed by atoms with Crippen molar-refractivity contribution in [1.29, 1.82) is 5.26 Å². The van der Waals surface area contributed by atoms with E-state index in [0.29, 0.717) is 24.1 Å². The minimum absolute atomic E-state index is 0.119. The van der Waals surface area contributed by atoms with Crippen LogP contribution in [-0.4, -0.2) is 11.6 Å². The second kappa shape index (κ2) is 6.52. The predicted molar refractivity (Wildman–Crippen MR) is 74.1 cm³/mol. The molecule has 6 nitrogen and oxygen atoms in total. The molecule has 0 saturated carbocycles. The third kappa shape index (κ3) is 3.79. The number of hydrazine groups is 1. The Kier molecular flexibility index (Phi) is 5.03. The van der Waals surface area contributed by atoms with E-state index in [4.69, 9.17) is 16.8 Å². The maximum atomic E-state index is 11.5. The van der Waals surface area contributed by atoms with E-state index in [-0.39, 0.29) is 11.6 Å². The number of anilines is 1. The van der Waals surface area contributed by atoms with E-state index in [1.807, 2.05) is 6.92 Å². The molecule has 4 N–H and O–H groups in total. The Morgan fingerprint density at radius 3 is 2.74 bits per heavy atom. The third-order valence-corrected chi connectivity index (χ3v) is 2.57. The van der Waals surface area contributed by atoms with Gasteiger partial charge in [-0.05, 0) is 37.1 Å². The molecule has 0 aliphatic heterocycles. The van der Waals surface area contributed by atoms with Gasteiger partial charge in [0.25, 0.3) is 0 Å². The van der Waals surface area contributed by atoms with Crippen molar-refractivity contribution in [2.45, 2.75) is 26.7 Å². The maximum absolute atomic E-state index is 11.5. The molecular weight excluding hydrogens is 242 g/mol. The molecule has 0 fully saturated rings. The fraction of sp³-hybridized carbons (Fsp3) is 0.308. The van der Waals surface area contributed by atoms with Crippen molar-refractivity contribution in [1.82, 2.24) is 0 Å². The number of hydrogen-bond acceptors (Lipinski definition) is 5. The van der Waals surface area contributed by atoms with Gasteiger partial charge in [-0.15, -0.1) is 5.10 Å². The SMILES string of the molecule is CCCC(=O)/C(N)=N/N(N)c1ccc(C#N)c(C)c1. The van der Waals surface area contributed by atoms with Gasteiger partial charge < -0.3 is 5.73 Å². The highest BCUT2D eigenvalue weighted by Gasteiger charge is 2.09. The first kappa shape index (κ1) is 14.7. The van der Waals surface area contributed by atoms with Gasteiger partial charge in [0.1, 0.15) is 0 Å². The average molecular weight is 259 g/mol. The Labute approximate surface area is 112 Å². The van der Waals surface area contributed by atoms with Crippen molar-refractivity contribution in [3.63, 3.8) is 0 Å². The molecule has 0 aliphatic carbocycles. The lowest BCUT2D eigenvalue weighted by Crippen LogP contribution is -2.32. The molecule has 0 atom stereocenters. The number of carbonyl (C=O) groups is 1. The lowest BCUT2D eigenvalue weighted by atomic mass is 10.1. The highest BCUT2D eigenvalue weighted by molar-refractivity contribution is 6.38. The van der Waals surface area contributed by atoms with Gasteiger partial charge in [-0.1, -0.05) is 6.92 Å². The van der Waals surface area contributed by atoms with Crippen LogP contribution in [0.15, 0.2) is 23.3 Å². The van der Waals surface area contributed by atoms with Gasteiger partial charge in [0.2, 0.25) is 0 Å². The highest BCUT2D eigenvalue weighted by Crippen LogP contribution is 2.16. The first-order valence-corrected chi connectivity index (χ1v) is 5.92. The molecular formula is C13H17N5O. The number of Topliss-reactive ketones (excluding diaryl/α,β-unsaturated/α-hetero) is 1. The predicted octanol–water partition coefficient (Wildman–Crippen LogP) is 1.19. The highest BCUT2D eigenvalue weighted by atomic mass is 16.1. The van der Waals surface area contributed by atoms with Crippen molar-refractivity contribution in [3.8, 4) is 6.07 Å². The molecule has 0 spiro atoms. The number of rotatable bonds is 5. The molecule has 6 heteroatoms. The molecule has 0 bridgehead atoms. The first-order valence-electron chi connectivity index (χ1n) is 5.92. The minimum Gasteiger partial charge on any atom is -0.379 e. The number of carbonyl (C=O) groups excluding carboxylic acids is 1. The second-order valence-corrected chi connectivity index (χ2v) is 4.11. The standard InChI is InChI=1S/C13H17N5O/c1-3-4-12(19)13(15)17-18(16)11-6-5-10(8-14)9(2)7-11/h5-7H,3-4,16H2,1-2H3,(H2,15,17). The number of amidine groups is 1. The van der Waals surface area contributed by atoms with Crippen LogP contribution in [0.25, 0.3) is 0 Å². The maximum Gasteiger partial charge on any atom is 0.199 e. The number of hydrazone groups is 1. The third-order valence-electron chi connectivity index (χ3n) is 2.57. The van der Waals surface area contributed by atoms with Crippen LogP contribution in [0.1, 0.15) is 30.9 Å². The summed E-state index contributed by atoms with van der Waals surface area (Å²) < 4.78 is 0. The van der Waals surface area contributed by atoms with E-state index in [2.05, 4.69) is 11.2 Å². The molecule has 0 radical (unpaired) electrons. The normalized spacial score (nSPS) is 10.9. The van der Waals surface area contributed by atoms with Crippen LogP contribution < -0.4 is 16.7 Å². The molecule has 0 amide bonds. The van der Waals surface area contributed by atoms with Crippen LogP contribution >= 0.6 is 0 Å². The van der Waals surface area contributed by atoms with E-state index in [1.165, 1.54) is 0 Å². The van der Waals surface area contributed by atoms with Crippen molar-refractivity contribution >= 4 is 17.3 Å². The summed E-state index contributed by atoms with van der Waals surface area (Å²) in [4.78, 5) is 11.5. The topological polar surface area (TPSA) is 108 Å². The zero-order valence-corrected chi connectivity index (χ0v) is 11.1. The van der Waals surface area contributed by atoms with E-state index in [0.717, 1.165) is 10.7 Å². The largest absolute Gasteiger partial charge is 0.379 e. The summed E-state index contributed by atoms with van der Waals surface area (Å²) in [6.45, 7) is 3.68. The lowest BCUT2D eigenvalue weighted by molar-refractivity contribution is -0.113. The fourth-order valence-electron chi connectivity index (χ4n) is 1.50. The summed E-state index contributed by atoms with van der Waals surface area (Å²) in [6, 6.07) is 7.06. The van der Waals surface area contributed by atoms with E-state index >= 15 is 0 Å². The zero-order chi connectivity index (χ0) is 14.4. The Balaban J connectivity index is 2.92. The number of nitrogens with zero attached hydrogens (tertiary/aromatic N) is 3. The summed E-state index contributed by atoms with van der Waals surface area (Å²) >= 11 is 0. The van der Waals surface area contributed by atoms with Crippen molar-refractivity contribution in [2.24, 2.45) is 16.7 Å². The quantitative estimate of drug-likeness (QED) is 0.357. The Morgan fingerprint density at radius 2 is 2.21 bits per heavy atom. The molecule has 0 aromatic heterocycles. The van der Waals surface area contributed by atoms with Gasteiger partial charge in [-0.3, -0.25) is 4.79 Å². The van der Waals surface area contributed by atoms with Crippen molar-refractivity contribution in [3.05, 3.63) is 29.3 Å². The zero-order valence-electron chi connectivity index (χ0n) is 11.1. The van der Waals surface area contributed by atoms with Crippen LogP contribution in [0.3, 0.4) is 0 Å². The van der Waals surface area contributed by atoms with Gasteiger partial charge in [0, 0.05) is 6.42 Å². The second-order valence-electron chi connectivity index (χ2n) is 4.11. The molecule has 0 heterocycles. The lowest BCUT2D eigenvalue weighted by Gasteiger charge is -2.14. The van der Waals surface area contributed by atoms with E-state index in [9.17, 15) is 4.79 Å². The molecule has 1 aromatic rings. The summed E-state index contributed by atoms with van der Waals surface area (Å²) in [7, 11) is 0. The van der Waals surface area contributed by atoms with Crippen molar-refractivity contribution < 1.29 is 4.79 Å². The van der Waals surface area contributed by atoms with Crippen LogP contribution in [0.4, 0.5) is 5.69 Å². The van der Waals surface area contributed by atoms with Gasteiger partial charge in [0.15, 0.2) is 11.6 Å². The molecule has 1 rings (SSSR count). The molecule has 19 heavy (non-hydrogen) atoms. The Hall–Kier alpha value is -2.39. The monoisotopic (exact) mass is 259 g/mol. The summed E-state index contributed by atoms with van der Waals surface area (Å²) in [5.74, 6) is 5.37. The number of benzene rings is 1. The minimum atomic E-state index is -0.233. The van der Waals surface area contributed by atoms with Crippen LogP contribution in [-0.2, 0) is 4.79 Å². The van der Waals surface area contributed by atoms with Crippen LogP contribution in [0, 0.1) is 18.3 Å². The number of ketones is 1. The fourth-order valence-corrected chi connectivity index (χ4v) is 1.50. The first-order chi connectivity index (χ1) is 8.99. The molecule has 0 aliphatic rings.